The molecule has 0 bridgehead atoms. The van der Waals surface area contributed by atoms with Crippen LogP contribution >= 0.6 is 34.8 Å². The summed E-state index contributed by atoms with van der Waals surface area (Å²) in [6.07, 6.45) is 0.381. The second-order valence-corrected chi connectivity index (χ2v) is 7.17. The topological polar surface area (TPSA) is 49.4 Å². The minimum atomic E-state index is -0.301. The first-order valence-electron chi connectivity index (χ1n) is 7.73. The maximum absolute atomic E-state index is 12.3. The van der Waals surface area contributed by atoms with Crippen LogP contribution in [0.3, 0.4) is 0 Å². The number of amides is 2. The molecule has 0 unspecified atom stereocenters. The highest BCUT2D eigenvalue weighted by Gasteiger charge is 2.30. The lowest BCUT2D eigenvalue weighted by atomic mass is 10.1. The third-order valence-electron chi connectivity index (χ3n) is 4.07. The number of benzene rings is 2. The average molecular weight is 398 g/mol. The molecule has 0 aromatic heterocycles. The molecule has 1 heterocycles. The van der Waals surface area contributed by atoms with E-state index >= 15 is 0 Å². The van der Waals surface area contributed by atoms with Crippen LogP contribution in [0, 0.1) is 5.92 Å². The van der Waals surface area contributed by atoms with Crippen LogP contribution in [-0.2, 0) is 4.79 Å². The van der Waals surface area contributed by atoms with Gasteiger partial charge in [0.2, 0.25) is 5.91 Å². The summed E-state index contributed by atoms with van der Waals surface area (Å²) in [5, 5.41) is 4.24. The van der Waals surface area contributed by atoms with E-state index in [1.807, 2.05) is 12.1 Å². The Kier molecular flexibility index (Phi) is 5.52. The second kappa shape index (κ2) is 7.65. The van der Waals surface area contributed by atoms with Gasteiger partial charge in [0.1, 0.15) is 0 Å². The average Bonchev–Trinajstić information content (AvgIpc) is 2.96. The highest BCUT2D eigenvalue weighted by atomic mass is 35.5. The zero-order chi connectivity index (χ0) is 18.0. The van der Waals surface area contributed by atoms with Crippen molar-refractivity contribution >= 4 is 52.3 Å². The molecule has 2 amide bonds. The minimum absolute atomic E-state index is 0.0300. The molecule has 7 heteroatoms. The van der Waals surface area contributed by atoms with Crippen molar-refractivity contribution in [1.29, 1.82) is 0 Å². The number of hydrogen-bond acceptors (Lipinski definition) is 2. The van der Waals surface area contributed by atoms with Gasteiger partial charge in [-0.2, -0.15) is 0 Å². The lowest BCUT2D eigenvalue weighted by Gasteiger charge is -2.17. The normalized spacial score (nSPS) is 17.0. The standard InChI is InChI=1S/C18H15Cl3N2O2/c19-12-1-4-14(5-2-12)23-10-11(7-17(23)24)9-22-18(25)15-8-13(20)3-6-16(15)21/h1-6,8,11H,7,9-10H2,(H,22,25)/t11-/m1/s1. The van der Waals surface area contributed by atoms with Gasteiger partial charge in [-0.3, -0.25) is 9.59 Å². The van der Waals surface area contributed by atoms with Crippen molar-refractivity contribution < 1.29 is 9.59 Å². The van der Waals surface area contributed by atoms with Gasteiger partial charge in [-0.05, 0) is 42.5 Å². The van der Waals surface area contributed by atoms with Crippen LogP contribution < -0.4 is 10.2 Å². The summed E-state index contributed by atoms with van der Waals surface area (Å²) in [5.74, 6) is -0.239. The molecule has 3 rings (SSSR count). The Bertz CT molecular complexity index is 808. The summed E-state index contributed by atoms with van der Waals surface area (Å²) >= 11 is 17.8. The van der Waals surface area contributed by atoms with Crippen LogP contribution in [0.5, 0.6) is 0 Å². The summed E-state index contributed by atoms with van der Waals surface area (Å²) in [4.78, 5) is 26.2. The first-order chi connectivity index (χ1) is 11.9. The number of carbonyl (C=O) groups is 2. The minimum Gasteiger partial charge on any atom is -0.352 e. The zero-order valence-corrected chi connectivity index (χ0v) is 15.4. The molecule has 1 fully saturated rings. The Labute approximate surface area is 160 Å². The van der Waals surface area contributed by atoms with Crippen LogP contribution in [0.2, 0.25) is 15.1 Å². The molecule has 1 atom stereocenters. The summed E-state index contributed by atoms with van der Waals surface area (Å²) in [7, 11) is 0. The van der Waals surface area contributed by atoms with Crippen molar-refractivity contribution in [2.75, 3.05) is 18.0 Å². The Morgan fingerprint density at radius 2 is 1.76 bits per heavy atom. The summed E-state index contributed by atoms with van der Waals surface area (Å²) < 4.78 is 0. The second-order valence-electron chi connectivity index (χ2n) is 5.89. The van der Waals surface area contributed by atoms with E-state index in [2.05, 4.69) is 5.32 Å². The molecule has 0 spiro atoms. The molecule has 1 saturated heterocycles. The van der Waals surface area contributed by atoms with E-state index in [4.69, 9.17) is 34.8 Å². The Morgan fingerprint density at radius 3 is 2.48 bits per heavy atom. The molecule has 0 saturated carbocycles. The van der Waals surface area contributed by atoms with E-state index in [-0.39, 0.29) is 17.7 Å². The molecule has 25 heavy (non-hydrogen) atoms. The van der Waals surface area contributed by atoms with Crippen LogP contribution in [0.15, 0.2) is 42.5 Å². The van der Waals surface area contributed by atoms with Crippen molar-refractivity contribution in [3.63, 3.8) is 0 Å². The van der Waals surface area contributed by atoms with Crippen molar-refractivity contribution in [2.45, 2.75) is 6.42 Å². The number of anilines is 1. The fourth-order valence-electron chi connectivity index (χ4n) is 2.79. The van der Waals surface area contributed by atoms with Crippen molar-refractivity contribution in [3.8, 4) is 0 Å². The quantitative estimate of drug-likeness (QED) is 0.829. The molecule has 0 radical (unpaired) electrons. The van der Waals surface area contributed by atoms with E-state index in [0.29, 0.717) is 40.1 Å². The molecular weight excluding hydrogens is 383 g/mol. The zero-order valence-electron chi connectivity index (χ0n) is 13.1. The van der Waals surface area contributed by atoms with E-state index in [9.17, 15) is 9.59 Å². The summed E-state index contributed by atoms with van der Waals surface area (Å²) in [5.41, 5.74) is 1.13. The molecule has 1 aliphatic rings. The van der Waals surface area contributed by atoms with Gasteiger partial charge in [0, 0.05) is 41.2 Å². The fourth-order valence-corrected chi connectivity index (χ4v) is 3.29. The molecule has 1 N–H and O–H groups in total. The fraction of sp³-hybridized carbons (Fsp3) is 0.222. The van der Waals surface area contributed by atoms with Crippen LogP contribution in [0.25, 0.3) is 0 Å². The maximum atomic E-state index is 12.3. The largest absolute Gasteiger partial charge is 0.352 e. The van der Waals surface area contributed by atoms with Crippen molar-refractivity contribution in [3.05, 3.63) is 63.1 Å². The maximum Gasteiger partial charge on any atom is 0.252 e. The van der Waals surface area contributed by atoms with Gasteiger partial charge in [-0.1, -0.05) is 34.8 Å². The number of nitrogens with zero attached hydrogens (tertiary/aromatic N) is 1. The van der Waals surface area contributed by atoms with Crippen LogP contribution in [-0.4, -0.2) is 24.9 Å². The van der Waals surface area contributed by atoms with Crippen LogP contribution in [0.4, 0.5) is 5.69 Å². The number of carbonyl (C=O) groups excluding carboxylic acids is 2. The van der Waals surface area contributed by atoms with Crippen LogP contribution in [0.1, 0.15) is 16.8 Å². The SMILES string of the molecule is O=C(NC[C@H]1CC(=O)N(c2ccc(Cl)cc2)C1)c1cc(Cl)ccc1Cl. The number of halogens is 3. The predicted molar refractivity (Wildman–Crippen MR) is 101 cm³/mol. The highest BCUT2D eigenvalue weighted by molar-refractivity contribution is 6.35. The van der Waals surface area contributed by atoms with Gasteiger partial charge in [-0.25, -0.2) is 0 Å². The third-order valence-corrected chi connectivity index (χ3v) is 4.88. The Hall–Kier alpha value is -1.75. The Morgan fingerprint density at radius 1 is 1.08 bits per heavy atom. The number of rotatable bonds is 4. The molecule has 2 aromatic carbocycles. The van der Waals surface area contributed by atoms with Gasteiger partial charge in [0.15, 0.2) is 0 Å². The van der Waals surface area contributed by atoms with Gasteiger partial charge >= 0.3 is 0 Å². The van der Waals surface area contributed by atoms with Crippen molar-refractivity contribution in [2.24, 2.45) is 5.92 Å². The first kappa shape index (κ1) is 18.1. The van der Waals surface area contributed by atoms with Crippen molar-refractivity contribution in [1.82, 2.24) is 5.32 Å². The van der Waals surface area contributed by atoms with Gasteiger partial charge in [0.25, 0.3) is 5.91 Å². The van der Waals surface area contributed by atoms with E-state index in [1.54, 1.807) is 29.2 Å². The summed E-state index contributed by atoms with van der Waals surface area (Å²) in [6, 6.07) is 11.9. The van der Waals surface area contributed by atoms with Gasteiger partial charge in [0.05, 0.1) is 10.6 Å². The lowest BCUT2D eigenvalue weighted by Crippen LogP contribution is -2.31. The van der Waals surface area contributed by atoms with Gasteiger partial charge < -0.3 is 10.2 Å². The predicted octanol–water partition coefficient (Wildman–Crippen LogP) is 4.43. The van der Waals surface area contributed by atoms with Gasteiger partial charge in [-0.15, -0.1) is 0 Å². The smallest absolute Gasteiger partial charge is 0.252 e. The molecule has 4 nitrogen and oxygen atoms in total. The first-order valence-corrected chi connectivity index (χ1v) is 8.86. The molecule has 130 valence electrons. The number of hydrogen-bond donors (Lipinski definition) is 1. The number of nitrogens with one attached hydrogen (secondary N) is 1. The molecular formula is C18H15Cl3N2O2. The molecule has 0 aliphatic carbocycles. The molecule has 1 aliphatic heterocycles. The summed E-state index contributed by atoms with van der Waals surface area (Å²) in [6.45, 7) is 0.932. The monoisotopic (exact) mass is 396 g/mol. The van der Waals surface area contributed by atoms with E-state index in [0.717, 1.165) is 5.69 Å². The van der Waals surface area contributed by atoms with E-state index in [1.165, 1.54) is 6.07 Å². The highest BCUT2D eigenvalue weighted by Crippen LogP contribution is 2.26. The van der Waals surface area contributed by atoms with E-state index < -0.39 is 0 Å². The third kappa shape index (κ3) is 4.27. The molecule has 2 aromatic rings. The Balaban J connectivity index is 1.61. The lowest BCUT2D eigenvalue weighted by molar-refractivity contribution is -0.117.